The van der Waals surface area contributed by atoms with Crippen LogP contribution in [0.15, 0.2) is 52.9 Å². The number of carbonyl (C=O) groups excluding carboxylic acids is 2. The topological polar surface area (TPSA) is 69.0 Å². The fraction of sp³-hybridized carbons (Fsp3) is 0.333. The highest BCUT2D eigenvalue weighted by Gasteiger charge is 2.35. The van der Waals surface area contributed by atoms with Crippen LogP contribution in [0.3, 0.4) is 0 Å². The highest BCUT2D eigenvalue weighted by atomic mass is 16.6. The lowest BCUT2D eigenvalue weighted by Gasteiger charge is -2.25. The van der Waals surface area contributed by atoms with Gasteiger partial charge in [0.2, 0.25) is 5.76 Å². The Morgan fingerprint density at radius 2 is 1.90 bits per heavy atom. The summed E-state index contributed by atoms with van der Waals surface area (Å²) in [5, 5.41) is 0.805. The third kappa shape index (κ3) is 3.59. The van der Waals surface area contributed by atoms with Crippen LogP contribution in [0.25, 0.3) is 11.0 Å². The third-order valence-corrected chi connectivity index (χ3v) is 5.41. The first-order valence-electron chi connectivity index (χ1n) is 10.2. The van der Waals surface area contributed by atoms with E-state index in [2.05, 4.69) is 0 Å². The number of benzene rings is 2. The summed E-state index contributed by atoms with van der Waals surface area (Å²) in [6.45, 7) is 6.21. The van der Waals surface area contributed by atoms with Crippen LogP contribution in [0, 0.1) is 0 Å². The van der Waals surface area contributed by atoms with Crippen LogP contribution >= 0.6 is 0 Å². The summed E-state index contributed by atoms with van der Waals surface area (Å²) in [5.74, 6) is -0.829. The molecule has 4 rings (SSSR count). The zero-order valence-electron chi connectivity index (χ0n) is 17.4. The smallest absolute Gasteiger partial charge is 0.375 e. The van der Waals surface area contributed by atoms with Gasteiger partial charge < -0.3 is 18.8 Å². The number of hydrogen-bond donors (Lipinski definition) is 0. The van der Waals surface area contributed by atoms with Crippen LogP contribution in [0.5, 0.6) is 0 Å². The number of carbonyl (C=O) groups is 2. The highest BCUT2D eigenvalue weighted by Crippen LogP contribution is 2.33. The minimum Gasteiger partial charge on any atom is -0.449 e. The molecule has 3 aromatic rings. The van der Waals surface area contributed by atoms with E-state index in [1.165, 1.54) is 0 Å². The second-order valence-corrected chi connectivity index (χ2v) is 7.48. The van der Waals surface area contributed by atoms with Gasteiger partial charge in [-0.2, -0.15) is 0 Å². The number of hydrogen-bond acceptors (Lipinski definition) is 5. The first kappa shape index (κ1) is 20.2. The van der Waals surface area contributed by atoms with Gasteiger partial charge >= 0.3 is 5.97 Å². The number of fused-ring (bicyclic) bond motifs is 2. The van der Waals surface area contributed by atoms with E-state index in [1.807, 2.05) is 56.3 Å². The van der Waals surface area contributed by atoms with Crippen LogP contribution in [0.4, 0.5) is 5.69 Å². The average molecular weight is 407 g/mol. The Morgan fingerprint density at radius 1 is 1.17 bits per heavy atom. The number of anilines is 1. The van der Waals surface area contributed by atoms with Gasteiger partial charge in [0, 0.05) is 29.3 Å². The predicted molar refractivity (Wildman–Crippen MR) is 114 cm³/mol. The Labute approximate surface area is 175 Å². The number of amides is 1. The summed E-state index contributed by atoms with van der Waals surface area (Å²) in [5.41, 5.74) is 3.21. The zero-order chi connectivity index (χ0) is 21.3. The molecule has 156 valence electrons. The fourth-order valence-electron chi connectivity index (χ4n) is 3.97. The predicted octanol–water partition coefficient (Wildman–Crippen LogP) is 4.49. The van der Waals surface area contributed by atoms with E-state index in [-0.39, 0.29) is 24.3 Å². The maximum atomic E-state index is 13.1. The molecule has 0 saturated heterocycles. The SMILES string of the molecule is CCOCc1c(C(=O)O[C@@H](C)C(=O)N2c3ccccc3C[C@@H]2C)oc2ccccc12. The molecule has 0 unspecified atom stereocenters. The van der Waals surface area contributed by atoms with E-state index in [0.29, 0.717) is 17.8 Å². The van der Waals surface area contributed by atoms with Crippen LogP contribution in [-0.2, 0) is 27.3 Å². The van der Waals surface area contributed by atoms with Gasteiger partial charge in [0.15, 0.2) is 6.10 Å². The Morgan fingerprint density at radius 3 is 2.70 bits per heavy atom. The number of rotatable bonds is 6. The molecule has 30 heavy (non-hydrogen) atoms. The van der Waals surface area contributed by atoms with E-state index in [9.17, 15) is 9.59 Å². The van der Waals surface area contributed by atoms with Gasteiger partial charge in [-0.3, -0.25) is 4.79 Å². The second-order valence-electron chi connectivity index (χ2n) is 7.48. The summed E-state index contributed by atoms with van der Waals surface area (Å²) >= 11 is 0. The van der Waals surface area contributed by atoms with Gasteiger partial charge in [-0.15, -0.1) is 0 Å². The molecule has 0 aliphatic carbocycles. The maximum absolute atomic E-state index is 13.1. The molecule has 0 fully saturated rings. The summed E-state index contributed by atoms with van der Waals surface area (Å²) in [6.07, 6.45) is -0.163. The van der Waals surface area contributed by atoms with E-state index in [0.717, 1.165) is 23.1 Å². The van der Waals surface area contributed by atoms with Crippen molar-refractivity contribution in [2.24, 2.45) is 0 Å². The van der Waals surface area contributed by atoms with Crippen molar-refractivity contribution < 1.29 is 23.5 Å². The molecule has 1 amide bonds. The lowest BCUT2D eigenvalue weighted by Crippen LogP contribution is -2.43. The summed E-state index contributed by atoms with van der Waals surface area (Å²) in [7, 11) is 0. The van der Waals surface area contributed by atoms with E-state index in [1.54, 1.807) is 17.9 Å². The van der Waals surface area contributed by atoms with Crippen LogP contribution in [-0.4, -0.2) is 30.6 Å². The lowest BCUT2D eigenvalue weighted by molar-refractivity contribution is -0.126. The Bertz CT molecular complexity index is 1090. The number of para-hydroxylation sites is 2. The van der Waals surface area contributed by atoms with Crippen molar-refractivity contribution in [3.63, 3.8) is 0 Å². The van der Waals surface area contributed by atoms with E-state index >= 15 is 0 Å². The van der Waals surface area contributed by atoms with Crippen LogP contribution < -0.4 is 4.90 Å². The van der Waals surface area contributed by atoms with Gasteiger partial charge in [-0.25, -0.2) is 4.79 Å². The highest BCUT2D eigenvalue weighted by molar-refractivity contribution is 6.01. The molecule has 1 aromatic heterocycles. The molecule has 6 nitrogen and oxygen atoms in total. The van der Waals surface area contributed by atoms with Gasteiger partial charge in [0.05, 0.1) is 6.61 Å². The summed E-state index contributed by atoms with van der Waals surface area (Å²) in [4.78, 5) is 27.7. The van der Waals surface area contributed by atoms with Crippen molar-refractivity contribution in [2.75, 3.05) is 11.5 Å². The molecular weight excluding hydrogens is 382 g/mol. The van der Waals surface area contributed by atoms with Gasteiger partial charge in [0.1, 0.15) is 5.58 Å². The Kier molecular flexibility index (Phi) is 5.59. The van der Waals surface area contributed by atoms with E-state index in [4.69, 9.17) is 13.9 Å². The van der Waals surface area contributed by atoms with Crippen LogP contribution in [0.1, 0.15) is 42.5 Å². The number of ether oxygens (including phenoxy) is 2. The van der Waals surface area contributed by atoms with Crippen molar-refractivity contribution in [2.45, 2.75) is 45.9 Å². The molecule has 1 aliphatic heterocycles. The lowest BCUT2D eigenvalue weighted by atomic mass is 10.1. The van der Waals surface area contributed by atoms with Crippen molar-refractivity contribution in [1.29, 1.82) is 0 Å². The molecule has 2 atom stereocenters. The molecule has 0 spiro atoms. The molecule has 0 N–H and O–H groups in total. The van der Waals surface area contributed by atoms with Gasteiger partial charge in [-0.05, 0) is 44.9 Å². The van der Waals surface area contributed by atoms with E-state index < -0.39 is 12.1 Å². The van der Waals surface area contributed by atoms with Crippen molar-refractivity contribution in [1.82, 2.24) is 0 Å². The Balaban J connectivity index is 1.56. The zero-order valence-corrected chi connectivity index (χ0v) is 17.4. The average Bonchev–Trinajstić information content (AvgIpc) is 3.28. The molecule has 2 heterocycles. The summed E-state index contributed by atoms with van der Waals surface area (Å²) in [6, 6.07) is 15.2. The first-order valence-corrected chi connectivity index (χ1v) is 10.2. The molecule has 1 aliphatic rings. The molecule has 0 saturated carbocycles. The third-order valence-electron chi connectivity index (χ3n) is 5.41. The van der Waals surface area contributed by atoms with Crippen molar-refractivity contribution >= 4 is 28.5 Å². The molecule has 6 heteroatoms. The number of nitrogens with zero attached hydrogens (tertiary/aromatic N) is 1. The second kappa shape index (κ2) is 8.32. The summed E-state index contributed by atoms with van der Waals surface area (Å²) < 4.78 is 16.8. The monoisotopic (exact) mass is 407 g/mol. The fourth-order valence-corrected chi connectivity index (χ4v) is 3.97. The van der Waals surface area contributed by atoms with Crippen LogP contribution in [0.2, 0.25) is 0 Å². The minimum absolute atomic E-state index is 0.00997. The standard InChI is InChI=1S/C24H25NO5/c1-4-28-14-19-18-10-6-8-12-21(18)30-22(19)24(27)29-16(3)23(26)25-15(2)13-17-9-5-7-11-20(17)25/h5-12,15-16H,4,13-14H2,1-3H3/t15-,16-/m0/s1. The number of esters is 1. The normalized spacial score (nSPS) is 16.5. The van der Waals surface area contributed by atoms with Crippen molar-refractivity contribution in [3.05, 3.63) is 65.4 Å². The molecule has 0 radical (unpaired) electrons. The molecular formula is C24H25NO5. The maximum Gasteiger partial charge on any atom is 0.375 e. The largest absolute Gasteiger partial charge is 0.449 e. The van der Waals surface area contributed by atoms with Crippen molar-refractivity contribution in [3.8, 4) is 0 Å². The van der Waals surface area contributed by atoms with Gasteiger partial charge in [0.25, 0.3) is 5.91 Å². The minimum atomic E-state index is -0.945. The molecule has 2 aromatic carbocycles. The number of furan rings is 1. The molecule has 0 bridgehead atoms. The quantitative estimate of drug-likeness (QED) is 0.563. The Hall–Kier alpha value is -3.12. The van der Waals surface area contributed by atoms with Gasteiger partial charge in [-0.1, -0.05) is 36.4 Å². The first-order chi connectivity index (χ1) is 14.5.